The normalized spacial score (nSPS) is 35.4. The van der Waals surface area contributed by atoms with E-state index >= 15 is 0 Å². The van der Waals surface area contributed by atoms with Crippen LogP contribution in [-0.2, 0) is 109 Å². The molecular weight excluding hydrogens is 1250 g/mol. The number of rotatable bonds is 26. The number of nitrogens with two attached hydrogens (primary N) is 2. The Bertz CT molecular complexity index is 2290. The minimum Gasteiger partial charge on any atom is -0.481 e. The number of hydrogen-bond acceptors (Lipinski definition) is 26. The third kappa shape index (κ3) is 30.1. The number of nitrogens with zero attached hydrogens (tertiary/aromatic N) is 1. The molecule has 25 unspecified atom stereocenters. The molecule has 0 aromatic rings. The van der Waals surface area contributed by atoms with Crippen molar-refractivity contribution in [1.29, 1.82) is 0 Å². The zero-order valence-corrected chi connectivity index (χ0v) is 60.2. The van der Waals surface area contributed by atoms with Crippen molar-refractivity contribution in [3.05, 3.63) is 0 Å². The van der Waals surface area contributed by atoms with Crippen LogP contribution >= 0.6 is 0 Å². The van der Waals surface area contributed by atoms with Gasteiger partial charge in [0.2, 0.25) is 6.29 Å². The lowest BCUT2D eigenvalue weighted by molar-refractivity contribution is -0.258. The van der Waals surface area contributed by atoms with Gasteiger partial charge in [-0.25, -0.2) is 9.79 Å². The Kier molecular flexibility index (Phi) is 40.3. The van der Waals surface area contributed by atoms with Crippen molar-refractivity contribution in [2.75, 3.05) is 79.3 Å². The fourth-order valence-electron chi connectivity index (χ4n) is 11.7. The van der Waals surface area contributed by atoms with Gasteiger partial charge in [0.15, 0.2) is 31.1 Å². The van der Waals surface area contributed by atoms with E-state index in [1.54, 1.807) is 0 Å². The summed E-state index contributed by atoms with van der Waals surface area (Å²) in [7, 11) is 0. The van der Waals surface area contributed by atoms with E-state index in [1.807, 2.05) is 20.8 Å². The standard InChI is InChI=1S/C15H26O6.C14H27NO5.C13H25NO4.C13H22O6.C12H19NO4/c1-9-10(2)13(8-20-12(4)16)21-15(11(9)3)19-7-5-6-14(17)18;1-9-10(2)13(7-19-12(4)16)20-14(11(9)3)18-6-5-17-8-15;1-8-9(2)12(7-17-11(4)15)18-13(10(8)3)16-6-5-14;1-7-8(2)11(5-17-10(4)14)19-13(9(7)3)18-6-12(15)16;1-6-7(2)11-12(16-8(3)13-11)17-10(6)5-15-9(4)14/h9-11,13,15H,5-8H2,1-4H3,(H,17,18);9-11,13-14H,5-8,15H2,1-4H3;8-10,12-13H,5-7,14H2,1-4H3;7-9,11,13H,5-6H2,1-4H3,(H,15,16);6-7,10-12H,5H2,1-4H3. The summed E-state index contributed by atoms with van der Waals surface area (Å²) in [5.41, 5.74) is 10.7. The molecule has 0 spiro atoms. The molecule has 0 aromatic carbocycles. The van der Waals surface area contributed by atoms with Crippen LogP contribution in [0.3, 0.4) is 0 Å². The molecule has 95 heavy (non-hydrogen) atoms. The molecule has 25 atom stereocenters. The molecule has 0 amide bonds. The topological polar surface area (TPSA) is 372 Å². The number of aliphatic imine (C=N–C) groups is 1. The van der Waals surface area contributed by atoms with E-state index in [4.69, 9.17) is 97.5 Å². The molecular formula is C67H119N3O25. The highest BCUT2D eigenvalue weighted by Crippen LogP contribution is 2.40. The minimum atomic E-state index is -1.03. The van der Waals surface area contributed by atoms with E-state index in [2.05, 4.69) is 88.1 Å². The van der Waals surface area contributed by atoms with Crippen LogP contribution in [-0.4, -0.2) is 205 Å². The second-order valence-corrected chi connectivity index (χ2v) is 26.2. The van der Waals surface area contributed by atoms with Crippen LogP contribution in [0.5, 0.6) is 0 Å². The molecule has 6 heterocycles. The first-order valence-electron chi connectivity index (χ1n) is 33.6. The number of fused-ring (bicyclic) bond motifs is 1. The van der Waals surface area contributed by atoms with Gasteiger partial charge in [-0.3, -0.25) is 28.8 Å². The average molecular weight is 1370 g/mol. The maximum absolute atomic E-state index is 10.9. The number of carbonyl (C=O) groups excluding carboxylic acids is 5. The van der Waals surface area contributed by atoms with E-state index < -0.39 is 24.8 Å². The van der Waals surface area contributed by atoms with Crippen LogP contribution in [0.2, 0.25) is 0 Å². The first kappa shape index (κ1) is 86.4. The maximum atomic E-state index is 10.9. The number of esters is 5. The molecule has 0 saturated carbocycles. The molecule has 6 aliphatic rings. The van der Waals surface area contributed by atoms with Crippen molar-refractivity contribution in [1.82, 2.24) is 0 Å². The summed E-state index contributed by atoms with van der Waals surface area (Å²) in [6.45, 7) is 41.4. The van der Waals surface area contributed by atoms with Gasteiger partial charge < -0.3 is 97.5 Å². The average Bonchev–Trinajstić information content (AvgIpc) is 1.32. The van der Waals surface area contributed by atoms with Crippen molar-refractivity contribution in [2.45, 2.75) is 219 Å². The maximum Gasteiger partial charge on any atom is 0.329 e. The summed E-state index contributed by atoms with van der Waals surface area (Å²) in [5, 5.41) is 17.2. The number of hydrogen-bond donors (Lipinski definition) is 4. The Morgan fingerprint density at radius 1 is 0.400 bits per heavy atom. The third-order valence-corrected chi connectivity index (χ3v) is 19.6. The molecule has 0 bridgehead atoms. The van der Waals surface area contributed by atoms with Crippen molar-refractivity contribution in [2.24, 2.45) is 99.3 Å². The number of carbonyl (C=O) groups is 7. The van der Waals surface area contributed by atoms with E-state index in [9.17, 15) is 33.6 Å². The largest absolute Gasteiger partial charge is 0.481 e. The zero-order valence-electron chi connectivity index (χ0n) is 60.2. The molecule has 6 rings (SSSR count). The van der Waals surface area contributed by atoms with Gasteiger partial charge in [-0.15, -0.1) is 0 Å². The van der Waals surface area contributed by atoms with E-state index in [0.29, 0.717) is 86.7 Å². The lowest BCUT2D eigenvalue weighted by Crippen LogP contribution is -2.49. The van der Waals surface area contributed by atoms with Gasteiger partial charge in [0, 0.05) is 78.2 Å². The summed E-state index contributed by atoms with van der Waals surface area (Å²) >= 11 is 0. The highest BCUT2D eigenvalue weighted by Gasteiger charge is 2.47. The predicted octanol–water partition coefficient (Wildman–Crippen LogP) is 7.00. The van der Waals surface area contributed by atoms with Crippen LogP contribution in [0.15, 0.2) is 4.99 Å². The smallest absolute Gasteiger partial charge is 0.329 e. The van der Waals surface area contributed by atoms with Crippen molar-refractivity contribution >= 4 is 47.7 Å². The monoisotopic (exact) mass is 1370 g/mol. The molecule has 5 fully saturated rings. The molecule has 28 nitrogen and oxygen atoms in total. The van der Waals surface area contributed by atoms with Crippen molar-refractivity contribution < 1.29 is 120 Å². The van der Waals surface area contributed by atoms with Crippen LogP contribution in [0.4, 0.5) is 0 Å². The van der Waals surface area contributed by atoms with Crippen LogP contribution in [0.1, 0.15) is 151 Å². The summed E-state index contributed by atoms with van der Waals surface area (Å²) in [6.07, 6.45) is -2.12. The predicted molar refractivity (Wildman–Crippen MR) is 345 cm³/mol. The Labute approximate surface area is 563 Å². The number of ether oxygens (including phenoxy) is 16. The zero-order chi connectivity index (χ0) is 72.0. The van der Waals surface area contributed by atoms with E-state index in [1.165, 1.54) is 34.6 Å². The fraction of sp³-hybridized carbons (Fsp3) is 0.881. The Morgan fingerprint density at radius 3 is 1.03 bits per heavy atom. The highest BCUT2D eigenvalue weighted by molar-refractivity contribution is 5.75. The van der Waals surface area contributed by atoms with Crippen molar-refractivity contribution in [3.63, 3.8) is 0 Å². The van der Waals surface area contributed by atoms with E-state index in [-0.39, 0.29) is 179 Å². The van der Waals surface area contributed by atoms with Gasteiger partial charge in [0.25, 0.3) is 0 Å². The van der Waals surface area contributed by atoms with Gasteiger partial charge in [-0.1, -0.05) is 96.9 Å². The molecule has 6 aliphatic heterocycles. The molecule has 0 aliphatic carbocycles. The van der Waals surface area contributed by atoms with Crippen LogP contribution in [0.25, 0.3) is 0 Å². The molecule has 0 aromatic heterocycles. The second-order valence-electron chi connectivity index (χ2n) is 26.2. The molecule has 6 N–H and O–H groups in total. The number of carboxylic acid groups (broad SMARTS) is 2. The lowest BCUT2D eigenvalue weighted by Gasteiger charge is -2.43. The fourth-order valence-corrected chi connectivity index (χ4v) is 11.7. The van der Waals surface area contributed by atoms with Gasteiger partial charge in [0.1, 0.15) is 45.7 Å². The Hall–Kier alpha value is -4.72. The third-order valence-electron chi connectivity index (χ3n) is 19.6. The highest BCUT2D eigenvalue weighted by atomic mass is 16.7. The Morgan fingerprint density at radius 2 is 0.716 bits per heavy atom. The number of aliphatic carboxylic acids is 2. The summed E-state index contributed by atoms with van der Waals surface area (Å²) in [5.74, 6) is 1.42. The lowest BCUT2D eigenvalue weighted by atomic mass is 9.79. The van der Waals surface area contributed by atoms with Crippen LogP contribution < -0.4 is 11.5 Å². The molecule has 552 valence electrons. The van der Waals surface area contributed by atoms with Crippen molar-refractivity contribution in [3.8, 4) is 0 Å². The SMILES string of the molecule is CC(=O)OCC1OC(OCC(=O)O)C(C)C(C)C1C.CC(=O)OCC1OC(OCCCC(=O)O)C(C)C(C)C1C.CC(=O)OCC1OC(OCCN)C(C)C(C)C1C.CC(=O)OCC1OC(OCCOCN)C(C)C(C)C1C.CC(=O)OCC1OC2OC(C)=NC2C(C)C1C. The molecule has 5 saturated heterocycles. The molecule has 28 heteroatoms. The quantitative estimate of drug-likeness (QED) is 0.0293. The van der Waals surface area contributed by atoms with Gasteiger partial charge >= 0.3 is 41.8 Å². The number of carboxylic acids is 2. The summed E-state index contributed by atoms with van der Waals surface area (Å²) < 4.78 is 87.2. The first-order chi connectivity index (χ1) is 44.6. The minimum absolute atomic E-state index is 0.0681. The first-order valence-corrected chi connectivity index (χ1v) is 33.6. The molecule has 0 radical (unpaired) electrons. The van der Waals surface area contributed by atoms with Crippen LogP contribution in [0, 0.1) is 82.9 Å². The summed E-state index contributed by atoms with van der Waals surface area (Å²) in [4.78, 5) is 79.8. The van der Waals surface area contributed by atoms with Gasteiger partial charge in [-0.2, -0.15) is 0 Å². The van der Waals surface area contributed by atoms with E-state index in [0.717, 1.165) is 0 Å². The van der Waals surface area contributed by atoms with Gasteiger partial charge in [0.05, 0.1) is 63.7 Å². The van der Waals surface area contributed by atoms with Gasteiger partial charge in [-0.05, 0) is 65.6 Å². The second kappa shape index (κ2) is 44.3. The Balaban J connectivity index is 0.000000405. The summed E-state index contributed by atoms with van der Waals surface area (Å²) in [6, 6.07) is 0.0681.